The first-order chi connectivity index (χ1) is 28.0. The van der Waals surface area contributed by atoms with E-state index in [1.54, 1.807) is 30.3 Å². The number of hydrogen-bond donors (Lipinski definition) is 12. The van der Waals surface area contributed by atoms with Crippen molar-refractivity contribution >= 4 is 42.3 Å². The van der Waals surface area contributed by atoms with Gasteiger partial charge in [0.2, 0.25) is 11.8 Å². The van der Waals surface area contributed by atoms with Crippen LogP contribution in [0.5, 0.6) is 0 Å². The second-order valence-electron chi connectivity index (χ2n) is 11.4. The van der Waals surface area contributed by atoms with Crippen molar-refractivity contribution in [2.24, 2.45) is 40.7 Å². The quantitative estimate of drug-likeness (QED) is 0.0423. The van der Waals surface area contributed by atoms with Crippen LogP contribution in [0.15, 0.2) is 85.5 Å². The summed E-state index contributed by atoms with van der Waals surface area (Å²) in [6.07, 6.45) is -0.310. The van der Waals surface area contributed by atoms with Crippen molar-refractivity contribution in [1.82, 2.24) is 0 Å². The van der Waals surface area contributed by atoms with Crippen LogP contribution in [0.2, 0.25) is 0 Å². The number of aromatic carboxylic acids is 1. The third-order valence-electron chi connectivity index (χ3n) is 5.57. The molecule has 0 saturated carbocycles. The van der Waals surface area contributed by atoms with Gasteiger partial charge in [0.15, 0.2) is 17.9 Å². The van der Waals surface area contributed by atoms with E-state index < -0.39 is 59.6 Å². The average Bonchev–Trinajstić information content (AvgIpc) is 3.18. The Hall–Kier alpha value is -4.94. The number of aliphatic hydroxyl groups is 3. The SMILES string of the molecule is C=C(O)CN.C=C(O)CN.C=C(O)CN.Cc1ccc(C(N)C(=O)O)cc1.[CH2+]C(C)C(=O)O.[CH2+]C(CC(=O)[OH2+])C(=O)O.[CH2+]C(COC=O)C(=O)O.[CH2+]c1ccccc1C(=O)O.[Cu].[Zn].[Zn].[Zn]. The summed E-state index contributed by atoms with van der Waals surface area (Å²) in [6.45, 7) is 26.4. The predicted octanol–water partition coefficient (Wildman–Crippen LogP) is 2.08. The molecule has 4 unspecified atom stereocenters. The first-order valence-electron chi connectivity index (χ1n) is 16.9. The largest absolute Gasteiger partial charge is 0.565 e. The molecule has 0 aliphatic heterocycles. The second-order valence-corrected chi connectivity index (χ2v) is 11.4. The minimum Gasteiger partial charge on any atom is -0.565 e. The molecule has 355 valence electrons. The van der Waals surface area contributed by atoms with Gasteiger partial charge in [-0.25, -0.2) is 19.2 Å². The maximum Gasteiger partial charge on any atom is 0.521 e. The van der Waals surface area contributed by atoms with Crippen LogP contribution in [-0.4, -0.2) is 114 Å². The number of carboxylic acids is 5. The number of aryl methyl sites for hydroxylation is 1. The van der Waals surface area contributed by atoms with Gasteiger partial charge in [-0.2, -0.15) is 0 Å². The summed E-state index contributed by atoms with van der Waals surface area (Å²) in [5, 5.41) is 71.8. The zero-order valence-electron chi connectivity index (χ0n) is 36.6. The van der Waals surface area contributed by atoms with E-state index in [-0.39, 0.29) is 137 Å². The van der Waals surface area contributed by atoms with Crippen LogP contribution in [0.1, 0.15) is 46.4 Å². The molecule has 0 saturated heterocycles. The number of carbonyl (C=O) groups is 7. The van der Waals surface area contributed by atoms with E-state index >= 15 is 0 Å². The first-order valence-corrected chi connectivity index (χ1v) is 16.9. The van der Waals surface area contributed by atoms with Crippen molar-refractivity contribution in [3.63, 3.8) is 0 Å². The molecule has 25 heteroatoms. The van der Waals surface area contributed by atoms with E-state index in [2.05, 4.69) is 52.2 Å². The van der Waals surface area contributed by atoms with E-state index in [0.717, 1.165) is 5.56 Å². The minimum atomic E-state index is -1.14. The number of benzene rings is 2. The van der Waals surface area contributed by atoms with Gasteiger partial charge in [-0.1, -0.05) is 49.6 Å². The van der Waals surface area contributed by atoms with Crippen molar-refractivity contribution in [2.45, 2.75) is 26.3 Å². The van der Waals surface area contributed by atoms with Gasteiger partial charge in [0.05, 0.1) is 57.7 Å². The molecule has 0 heterocycles. The summed E-state index contributed by atoms with van der Waals surface area (Å²) < 4.78 is 4.13. The Kier molecular flexibility index (Phi) is 68.7. The number of ether oxygens (including phenoxy) is 1. The van der Waals surface area contributed by atoms with Gasteiger partial charge in [-0.05, 0) is 31.5 Å². The molecule has 0 bridgehead atoms. The zero-order valence-corrected chi connectivity index (χ0v) is 46.4. The Bertz CT molecular complexity index is 1610. The molecule has 0 aliphatic carbocycles. The Balaban J connectivity index is -0.0000000673. The molecule has 2 aromatic carbocycles. The topological polar surface area (TPSA) is 418 Å². The van der Waals surface area contributed by atoms with Crippen LogP contribution < -0.4 is 22.9 Å². The minimum absolute atomic E-state index is 0. The summed E-state index contributed by atoms with van der Waals surface area (Å²) >= 11 is 0. The Morgan fingerprint density at radius 1 is 0.692 bits per heavy atom. The van der Waals surface area contributed by atoms with Crippen LogP contribution in [0.25, 0.3) is 0 Å². The summed E-state index contributed by atoms with van der Waals surface area (Å²) in [6, 6.07) is 12.9. The fourth-order valence-corrected chi connectivity index (χ4v) is 2.18. The normalized spacial score (nSPS) is 10.1. The molecular weight excluding hydrogens is 1070 g/mol. The number of nitrogens with two attached hydrogens (primary N) is 4. The number of aliphatic carboxylic acids is 4. The molecule has 21 nitrogen and oxygen atoms in total. The molecule has 1 radical (unpaired) electrons. The van der Waals surface area contributed by atoms with Gasteiger partial charge in [-0.15, -0.1) is 0 Å². The first kappa shape index (κ1) is 83.6. The van der Waals surface area contributed by atoms with Crippen LogP contribution in [0.3, 0.4) is 0 Å². The molecule has 0 aliphatic rings. The molecule has 2 rings (SSSR count). The molecule has 0 fully saturated rings. The molecule has 0 aromatic heterocycles. The average molecular weight is 1130 g/mol. The fourth-order valence-electron chi connectivity index (χ4n) is 2.18. The third kappa shape index (κ3) is 65.8. The summed E-state index contributed by atoms with van der Waals surface area (Å²) in [4.78, 5) is 69.8. The Morgan fingerprint density at radius 3 is 1.23 bits per heavy atom. The fraction of sp³-hybridized carbons (Fsp3) is 0.275. The van der Waals surface area contributed by atoms with Crippen LogP contribution in [-0.2, 0) is 109 Å². The standard InChI is InChI=1S/C9H11NO2.C8H6O2.2C5H6O4.C4H6O2.3C3H7NO.Cu.3Zn/c1-6-2-4-7(5-3-6)8(10)9(11)12;1-6-4-2-3-5-7(6)8(9)10;1-4(5(7)8)2-9-3-6;1-3(5(8)9)2-4(6)7;1-3(2)4(5)6;3*1-3(5)2-4;;;;/h2-5,8H,10H2,1H3,(H,11,12);2-5H,1H2;3-4H,1-2H2;3H,1-2H2,(H-,6,7,8,9);3H,1H2,2H3;3*5H,1-2,4H2;;;;/p+5. The molecule has 65 heavy (non-hydrogen) atoms. The maximum absolute atomic E-state index is 10.5. The van der Waals surface area contributed by atoms with Gasteiger partial charge in [0.1, 0.15) is 18.2 Å². The van der Waals surface area contributed by atoms with E-state index in [9.17, 15) is 33.6 Å². The molecular formula is C40H61CuN4O17Zn3+5. The molecule has 4 atom stereocenters. The summed E-state index contributed by atoms with van der Waals surface area (Å²) in [5.74, 6) is -8.11. The molecule has 0 amide bonds. The number of carbonyl (C=O) groups excluding carboxylic acids is 2. The van der Waals surface area contributed by atoms with Crippen molar-refractivity contribution in [3.8, 4) is 0 Å². The van der Waals surface area contributed by atoms with Crippen LogP contribution >= 0.6 is 0 Å². The van der Waals surface area contributed by atoms with E-state index in [1.807, 2.05) is 19.1 Å². The van der Waals surface area contributed by atoms with E-state index in [1.165, 1.54) is 13.0 Å². The van der Waals surface area contributed by atoms with Crippen molar-refractivity contribution in [1.29, 1.82) is 0 Å². The van der Waals surface area contributed by atoms with Gasteiger partial charge < -0.3 is 73.6 Å². The third-order valence-corrected chi connectivity index (χ3v) is 5.57. The smallest absolute Gasteiger partial charge is 0.521 e. The van der Waals surface area contributed by atoms with Crippen molar-refractivity contribution in [3.05, 3.63) is 135 Å². The molecule has 2 aromatic rings. The predicted molar refractivity (Wildman–Crippen MR) is 226 cm³/mol. The zero-order chi connectivity index (χ0) is 49.4. The monoisotopic (exact) mass is 1120 g/mol. The van der Waals surface area contributed by atoms with Gasteiger partial charge in [0, 0.05) is 99.4 Å². The summed E-state index contributed by atoms with van der Waals surface area (Å²) in [5.41, 5.74) is 22.4. The van der Waals surface area contributed by atoms with E-state index in [0.29, 0.717) is 11.1 Å². The van der Waals surface area contributed by atoms with Gasteiger partial charge in [-0.3, -0.25) is 9.59 Å². The Labute approximate surface area is 428 Å². The summed E-state index contributed by atoms with van der Waals surface area (Å²) in [7, 11) is 0. The van der Waals surface area contributed by atoms with Crippen LogP contribution in [0, 0.1) is 52.4 Å². The molecule has 18 N–H and O–H groups in total. The van der Waals surface area contributed by atoms with Crippen molar-refractivity contribution < 1.29 is 160 Å². The number of carboxylic acid groups (broad SMARTS) is 5. The van der Waals surface area contributed by atoms with Crippen LogP contribution in [0.4, 0.5) is 0 Å². The number of aliphatic hydroxyl groups excluding tert-OH is 3. The Morgan fingerprint density at radius 2 is 1.03 bits per heavy atom. The second kappa shape index (κ2) is 53.4. The number of rotatable bonds is 14. The van der Waals surface area contributed by atoms with Gasteiger partial charge >= 0.3 is 35.8 Å². The maximum atomic E-state index is 10.5. The van der Waals surface area contributed by atoms with E-state index in [4.69, 9.17) is 68.9 Å². The van der Waals surface area contributed by atoms with Gasteiger partial charge in [0.25, 0.3) is 6.47 Å². The van der Waals surface area contributed by atoms with Crippen molar-refractivity contribution in [2.75, 3.05) is 26.2 Å². The number of hydrogen-bond acceptors (Lipinski definition) is 15. The molecule has 0 spiro atoms.